The summed E-state index contributed by atoms with van der Waals surface area (Å²) in [7, 11) is 1.67. The fraction of sp³-hybridized carbons (Fsp3) is 0.542. The molecule has 0 N–H and O–H groups in total. The van der Waals surface area contributed by atoms with Crippen LogP contribution in [0.15, 0.2) is 36.4 Å². The van der Waals surface area contributed by atoms with Crippen LogP contribution in [-0.2, 0) is 9.53 Å². The molecular formula is C24H30O3. The SMILES string of the molecule is COc1ccc2cc([C@H](C)C(=O)O[C@H]3C[C@@H]4C[C@H]([C@@H]3C)C4(C)C)ccc2c1. The summed E-state index contributed by atoms with van der Waals surface area (Å²) in [5.74, 6) is 2.32. The van der Waals surface area contributed by atoms with Gasteiger partial charge < -0.3 is 9.47 Å². The van der Waals surface area contributed by atoms with Crippen LogP contribution < -0.4 is 4.74 Å². The zero-order valence-corrected chi connectivity index (χ0v) is 17.0. The number of hydrogen-bond donors (Lipinski definition) is 0. The fourth-order valence-electron chi connectivity index (χ4n) is 5.28. The number of carbonyl (C=O) groups excluding carboxylic acids is 1. The highest BCUT2D eigenvalue weighted by Gasteiger charge is 2.57. The van der Waals surface area contributed by atoms with Gasteiger partial charge >= 0.3 is 5.97 Å². The highest BCUT2D eigenvalue weighted by atomic mass is 16.5. The van der Waals surface area contributed by atoms with E-state index in [0.29, 0.717) is 23.2 Å². The molecule has 3 saturated carbocycles. The first-order chi connectivity index (χ1) is 12.8. The highest BCUT2D eigenvalue weighted by molar-refractivity contribution is 5.86. The van der Waals surface area contributed by atoms with Crippen LogP contribution in [0.2, 0.25) is 0 Å². The molecule has 0 spiro atoms. The van der Waals surface area contributed by atoms with Crippen LogP contribution in [0, 0.1) is 23.2 Å². The van der Waals surface area contributed by atoms with E-state index in [-0.39, 0.29) is 18.0 Å². The molecule has 0 heterocycles. The third-order valence-corrected chi connectivity index (χ3v) is 7.48. The predicted octanol–water partition coefficient (Wildman–Crippen LogP) is 5.57. The summed E-state index contributed by atoms with van der Waals surface area (Å²) in [6.45, 7) is 8.94. The average Bonchev–Trinajstić information content (AvgIpc) is 2.67. The van der Waals surface area contributed by atoms with Crippen molar-refractivity contribution in [3.8, 4) is 5.75 Å². The summed E-state index contributed by atoms with van der Waals surface area (Å²) in [6, 6.07) is 12.2. The van der Waals surface area contributed by atoms with Crippen molar-refractivity contribution >= 4 is 16.7 Å². The monoisotopic (exact) mass is 366 g/mol. The van der Waals surface area contributed by atoms with Crippen LogP contribution >= 0.6 is 0 Å². The van der Waals surface area contributed by atoms with Crippen molar-refractivity contribution in [3.05, 3.63) is 42.0 Å². The molecule has 3 fully saturated rings. The van der Waals surface area contributed by atoms with E-state index < -0.39 is 0 Å². The molecule has 2 bridgehead atoms. The maximum atomic E-state index is 12.8. The third kappa shape index (κ3) is 3.01. The molecule has 0 aromatic heterocycles. The molecule has 5 atom stereocenters. The Morgan fingerprint density at radius 2 is 1.81 bits per heavy atom. The van der Waals surface area contributed by atoms with E-state index >= 15 is 0 Å². The molecule has 0 radical (unpaired) electrons. The van der Waals surface area contributed by atoms with E-state index in [4.69, 9.17) is 9.47 Å². The topological polar surface area (TPSA) is 35.5 Å². The van der Waals surface area contributed by atoms with E-state index in [1.807, 2.05) is 31.2 Å². The summed E-state index contributed by atoms with van der Waals surface area (Å²) < 4.78 is 11.3. The number of esters is 1. The maximum Gasteiger partial charge on any atom is 0.313 e. The zero-order chi connectivity index (χ0) is 19.3. The number of methoxy groups -OCH3 is 1. The highest BCUT2D eigenvalue weighted by Crippen LogP contribution is 2.61. The van der Waals surface area contributed by atoms with Crippen molar-refractivity contribution in [1.82, 2.24) is 0 Å². The second-order valence-corrected chi connectivity index (χ2v) is 9.12. The summed E-state index contributed by atoms with van der Waals surface area (Å²) in [5.41, 5.74) is 1.42. The second-order valence-electron chi connectivity index (χ2n) is 9.12. The van der Waals surface area contributed by atoms with Crippen LogP contribution in [0.3, 0.4) is 0 Å². The molecule has 3 aliphatic rings. The minimum atomic E-state index is -0.255. The Kier molecular flexibility index (Phi) is 4.44. The Labute approximate surface area is 162 Å². The van der Waals surface area contributed by atoms with Crippen molar-refractivity contribution in [1.29, 1.82) is 0 Å². The number of hydrogen-bond acceptors (Lipinski definition) is 3. The van der Waals surface area contributed by atoms with E-state index in [1.54, 1.807) is 7.11 Å². The molecule has 3 heteroatoms. The van der Waals surface area contributed by atoms with E-state index in [0.717, 1.165) is 28.5 Å². The number of fused-ring (bicyclic) bond motifs is 3. The molecule has 2 aromatic carbocycles. The minimum absolute atomic E-state index is 0.0708. The molecule has 3 nitrogen and oxygen atoms in total. The first-order valence-electron chi connectivity index (χ1n) is 10.1. The average molecular weight is 367 g/mol. The quantitative estimate of drug-likeness (QED) is 0.664. The Bertz CT molecular complexity index is 869. The van der Waals surface area contributed by atoms with Crippen molar-refractivity contribution in [2.45, 2.75) is 52.6 Å². The molecular weight excluding hydrogens is 336 g/mol. The number of benzene rings is 2. The van der Waals surface area contributed by atoms with Crippen LogP contribution in [0.4, 0.5) is 0 Å². The maximum absolute atomic E-state index is 12.8. The lowest BCUT2D eigenvalue weighted by molar-refractivity contribution is -0.187. The van der Waals surface area contributed by atoms with E-state index in [1.165, 1.54) is 6.42 Å². The van der Waals surface area contributed by atoms with Crippen molar-refractivity contribution in [3.63, 3.8) is 0 Å². The Hall–Kier alpha value is -2.03. The van der Waals surface area contributed by atoms with Crippen LogP contribution in [-0.4, -0.2) is 19.2 Å². The van der Waals surface area contributed by atoms with Crippen LogP contribution in [0.5, 0.6) is 5.75 Å². The molecule has 0 unspecified atom stereocenters. The van der Waals surface area contributed by atoms with Crippen molar-refractivity contribution < 1.29 is 14.3 Å². The van der Waals surface area contributed by atoms with Gasteiger partial charge in [0.2, 0.25) is 0 Å². The van der Waals surface area contributed by atoms with Gasteiger partial charge in [-0.1, -0.05) is 45.0 Å². The Balaban J connectivity index is 1.47. The standard InChI is InChI=1S/C24H30O3/c1-14(16-6-7-18-11-20(26-5)9-8-17(18)10-16)23(25)27-22-13-19-12-21(15(22)2)24(19,3)4/h6-11,14-15,19,21-22H,12-13H2,1-5H3/t14-,15-,19-,21+,22-/m0/s1. The lowest BCUT2D eigenvalue weighted by Gasteiger charge is -2.61. The van der Waals surface area contributed by atoms with Gasteiger partial charge in [0, 0.05) is 0 Å². The molecule has 3 aliphatic carbocycles. The summed E-state index contributed by atoms with van der Waals surface area (Å²) in [4.78, 5) is 12.8. The number of carbonyl (C=O) groups is 1. The molecule has 144 valence electrons. The van der Waals surface area contributed by atoms with Gasteiger partial charge in [-0.25, -0.2) is 0 Å². The minimum Gasteiger partial charge on any atom is -0.497 e. The van der Waals surface area contributed by atoms with E-state index in [9.17, 15) is 4.79 Å². The first kappa shape index (κ1) is 18.3. The van der Waals surface area contributed by atoms with Gasteiger partial charge in [0.05, 0.1) is 13.0 Å². The first-order valence-corrected chi connectivity index (χ1v) is 10.1. The Morgan fingerprint density at radius 1 is 1.11 bits per heavy atom. The molecule has 0 aliphatic heterocycles. The summed E-state index contributed by atoms with van der Waals surface area (Å²) in [5, 5.41) is 2.23. The lowest BCUT2D eigenvalue weighted by Crippen LogP contribution is -2.57. The zero-order valence-electron chi connectivity index (χ0n) is 17.0. The number of ether oxygens (including phenoxy) is 2. The van der Waals surface area contributed by atoms with Crippen LogP contribution in [0.25, 0.3) is 10.8 Å². The molecule has 2 aromatic rings. The smallest absolute Gasteiger partial charge is 0.313 e. The van der Waals surface area contributed by atoms with Gasteiger partial charge in [0.1, 0.15) is 11.9 Å². The van der Waals surface area contributed by atoms with Crippen LogP contribution in [0.1, 0.15) is 52.0 Å². The predicted molar refractivity (Wildman–Crippen MR) is 108 cm³/mol. The summed E-state index contributed by atoms with van der Waals surface area (Å²) >= 11 is 0. The number of rotatable bonds is 4. The van der Waals surface area contributed by atoms with Gasteiger partial charge in [-0.3, -0.25) is 4.79 Å². The summed E-state index contributed by atoms with van der Waals surface area (Å²) in [6.07, 6.45) is 2.38. The van der Waals surface area contributed by atoms with Gasteiger partial charge in [0.15, 0.2) is 0 Å². The molecule has 27 heavy (non-hydrogen) atoms. The van der Waals surface area contributed by atoms with Gasteiger partial charge in [0.25, 0.3) is 0 Å². The van der Waals surface area contributed by atoms with Crippen molar-refractivity contribution in [2.75, 3.05) is 7.11 Å². The molecule has 5 rings (SSSR count). The van der Waals surface area contributed by atoms with Crippen molar-refractivity contribution in [2.24, 2.45) is 23.2 Å². The largest absolute Gasteiger partial charge is 0.497 e. The molecule has 0 amide bonds. The Morgan fingerprint density at radius 3 is 2.48 bits per heavy atom. The normalized spacial score (nSPS) is 29.7. The van der Waals surface area contributed by atoms with Gasteiger partial charge in [-0.2, -0.15) is 0 Å². The van der Waals surface area contributed by atoms with E-state index in [2.05, 4.69) is 32.9 Å². The molecule has 0 saturated heterocycles. The van der Waals surface area contributed by atoms with Gasteiger partial charge in [-0.05, 0) is 71.4 Å². The van der Waals surface area contributed by atoms with Gasteiger partial charge in [-0.15, -0.1) is 0 Å². The second kappa shape index (κ2) is 6.54. The lowest BCUT2D eigenvalue weighted by atomic mass is 9.45. The fourth-order valence-corrected chi connectivity index (χ4v) is 5.28. The third-order valence-electron chi connectivity index (χ3n) is 7.48.